The van der Waals surface area contributed by atoms with Gasteiger partial charge in [0.1, 0.15) is 5.56 Å². The standard InChI is InChI=1S/C21H25N3O4S/c1-23-12-5-8-19(20(23)25)21(26)24-13-9-18(10-14-24)16-22-29(27,28)15-11-17-6-3-2-4-7-17/h2-8,11-12,15,18,22H,9-10,13-14,16H2,1H3/b15-11+. The molecule has 1 saturated heterocycles. The number of rotatable bonds is 6. The number of nitrogens with one attached hydrogen (secondary N) is 1. The minimum Gasteiger partial charge on any atom is -0.338 e. The average Bonchev–Trinajstić information content (AvgIpc) is 2.74. The highest BCUT2D eigenvalue weighted by Gasteiger charge is 2.25. The molecule has 3 rings (SSSR count). The molecule has 1 aliphatic rings. The summed E-state index contributed by atoms with van der Waals surface area (Å²) in [4.78, 5) is 26.4. The Labute approximate surface area is 170 Å². The maximum Gasteiger partial charge on any atom is 0.263 e. The maximum atomic E-state index is 12.6. The molecule has 1 amide bonds. The molecule has 1 aromatic carbocycles. The molecule has 1 aliphatic heterocycles. The lowest BCUT2D eigenvalue weighted by molar-refractivity contribution is 0.0689. The van der Waals surface area contributed by atoms with Gasteiger partial charge < -0.3 is 9.47 Å². The topological polar surface area (TPSA) is 88.5 Å². The number of sulfonamides is 1. The lowest BCUT2D eigenvalue weighted by Crippen LogP contribution is -2.43. The van der Waals surface area contributed by atoms with Crippen LogP contribution in [0.15, 0.2) is 58.9 Å². The molecular weight excluding hydrogens is 390 g/mol. The largest absolute Gasteiger partial charge is 0.338 e. The Hall–Kier alpha value is -2.71. The van der Waals surface area contributed by atoms with Gasteiger partial charge in [-0.25, -0.2) is 13.1 Å². The van der Waals surface area contributed by atoms with Crippen LogP contribution < -0.4 is 10.3 Å². The molecule has 0 radical (unpaired) electrons. The van der Waals surface area contributed by atoms with Gasteiger partial charge in [0.15, 0.2) is 0 Å². The molecule has 2 heterocycles. The highest BCUT2D eigenvalue weighted by molar-refractivity contribution is 7.92. The van der Waals surface area contributed by atoms with Crippen LogP contribution >= 0.6 is 0 Å². The van der Waals surface area contributed by atoms with E-state index in [2.05, 4.69) is 4.72 Å². The van der Waals surface area contributed by atoms with E-state index in [1.165, 1.54) is 9.98 Å². The summed E-state index contributed by atoms with van der Waals surface area (Å²) in [7, 11) is -1.90. The monoisotopic (exact) mass is 415 g/mol. The molecule has 2 aromatic rings. The van der Waals surface area contributed by atoms with Gasteiger partial charge in [-0.05, 0) is 42.5 Å². The number of amides is 1. The molecule has 0 bridgehead atoms. The number of hydrogen-bond acceptors (Lipinski definition) is 4. The predicted octanol–water partition coefficient (Wildman–Crippen LogP) is 1.83. The number of carbonyl (C=O) groups is 1. The second-order valence-corrected chi connectivity index (χ2v) is 8.83. The van der Waals surface area contributed by atoms with Crippen molar-refractivity contribution in [3.8, 4) is 0 Å². The van der Waals surface area contributed by atoms with Crippen molar-refractivity contribution in [1.29, 1.82) is 0 Å². The van der Waals surface area contributed by atoms with E-state index in [-0.39, 0.29) is 22.9 Å². The van der Waals surface area contributed by atoms with Gasteiger partial charge in [-0.15, -0.1) is 0 Å². The van der Waals surface area contributed by atoms with E-state index in [0.717, 1.165) is 5.56 Å². The van der Waals surface area contributed by atoms with Gasteiger partial charge >= 0.3 is 0 Å². The normalized spacial score (nSPS) is 15.7. The Morgan fingerprint density at radius 3 is 2.52 bits per heavy atom. The number of hydrogen-bond donors (Lipinski definition) is 1. The van der Waals surface area contributed by atoms with Crippen molar-refractivity contribution in [3.05, 3.63) is 75.6 Å². The second-order valence-electron chi connectivity index (χ2n) is 7.18. The molecule has 1 aromatic heterocycles. The quantitative estimate of drug-likeness (QED) is 0.780. The fraction of sp³-hybridized carbons (Fsp3) is 0.333. The molecular formula is C21H25N3O4S. The van der Waals surface area contributed by atoms with Gasteiger partial charge in [0.25, 0.3) is 11.5 Å². The first-order valence-electron chi connectivity index (χ1n) is 9.53. The Balaban J connectivity index is 1.51. The highest BCUT2D eigenvalue weighted by Crippen LogP contribution is 2.18. The van der Waals surface area contributed by atoms with E-state index in [9.17, 15) is 18.0 Å². The molecule has 1 N–H and O–H groups in total. The number of benzene rings is 1. The van der Waals surface area contributed by atoms with Gasteiger partial charge in [0.05, 0.1) is 0 Å². The first-order valence-corrected chi connectivity index (χ1v) is 11.1. The number of nitrogens with zero attached hydrogens (tertiary/aromatic N) is 2. The zero-order chi connectivity index (χ0) is 20.9. The summed E-state index contributed by atoms with van der Waals surface area (Å²) >= 11 is 0. The molecule has 29 heavy (non-hydrogen) atoms. The maximum absolute atomic E-state index is 12.6. The van der Waals surface area contributed by atoms with Crippen molar-refractivity contribution in [2.75, 3.05) is 19.6 Å². The number of carbonyl (C=O) groups excluding carboxylic acids is 1. The van der Waals surface area contributed by atoms with Crippen molar-refractivity contribution in [3.63, 3.8) is 0 Å². The predicted molar refractivity (Wildman–Crippen MR) is 113 cm³/mol. The first-order chi connectivity index (χ1) is 13.9. The fourth-order valence-corrected chi connectivity index (χ4v) is 4.19. The summed E-state index contributed by atoms with van der Waals surface area (Å²) in [6.45, 7) is 1.34. The Kier molecular flexibility index (Phi) is 6.66. The minimum atomic E-state index is -3.52. The number of pyridine rings is 1. The summed E-state index contributed by atoms with van der Waals surface area (Å²) in [5, 5.41) is 1.17. The minimum absolute atomic E-state index is 0.151. The first kappa shape index (κ1) is 21.0. The van der Waals surface area contributed by atoms with Gasteiger partial charge in [-0.3, -0.25) is 9.59 Å². The number of piperidine rings is 1. The molecule has 1 fully saturated rings. The molecule has 0 aliphatic carbocycles. The second kappa shape index (κ2) is 9.19. The zero-order valence-electron chi connectivity index (χ0n) is 16.3. The van der Waals surface area contributed by atoms with Crippen LogP contribution in [-0.4, -0.2) is 43.4 Å². The number of aromatic nitrogens is 1. The van der Waals surface area contributed by atoms with Crippen LogP contribution in [0.5, 0.6) is 0 Å². The molecule has 154 valence electrons. The van der Waals surface area contributed by atoms with Gasteiger partial charge in [0.2, 0.25) is 10.0 Å². The van der Waals surface area contributed by atoms with Crippen molar-refractivity contribution in [1.82, 2.24) is 14.2 Å². The van der Waals surface area contributed by atoms with Crippen LogP contribution in [0, 0.1) is 5.92 Å². The summed E-state index contributed by atoms with van der Waals surface area (Å²) < 4.78 is 28.4. The molecule has 0 spiro atoms. The smallest absolute Gasteiger partial charge is 0.263 e. The van der Waals surface area contributed by atoms with E-state index in [1.807, 2.05) is 30.3 Å². The summed E-state index contributed by atoms with van der Waals surface area (Å²) in [5.41, 5.74) is 0.675. The Bertz CT molecular complexity index is 1040. The molecule has 0 unspecified atom stereocenters. The molecule has 8 heteroatoms. The number of likely N-dealkylation sites (tertiary alicyclic amines) is 1. The van der Waals surface area contributed by atoms with Crippen LogP contribution in [0.4, 0.5) is 0 Å². The summed E-state index contributed by atoms with van der Waals surface area (Å²) in [6.07, 6.45) is 4.54. The Morgan fingerprint density at radius 1 is 1.14 bits per heavy atom. The van der Waals surface area contributed by atoms with E-state index in [0.29, 0.717) is 32.5 Å². The zero-order valence-corrected chi connectivity index (χ0v) is 17.1. The van der Waals surface area contributed by atoms with Crippen molar-refractivity contribution in [2.24, 2.45) is 13.0 Å². The molecule has 7 nitrogen and oxygen atoms in total. The SMILES string of the molecule is Cn1cccc(C(=O)N2CCC(CNS(=O)(=O)/C=C/c3ccccc3)CC2)c1=O. The van der Waals surface area contributed by atoms with Gasteiger partial charge in [-0.2, -0.15) is 0 Å². The average molecular weight is 416 g/mol. The van der Waals surface area contributed by atoms with Gasteiger partial charge in [-0.1, -0.05) is 30.3 Å². The third-order valence-electron chi connectivity index (χ3n) is 5.07. The van der Waals surface area contributed by atoms with Crippen LogP contribution in [0.25, 0.3) is 6.08 Å². The molecule has 0 atom stereocenters. The molecule has 0 saturated carbocycles. The van der Waals surface area contributed by atoms with Crippen LogP contribution in [0.2, 0.25) is 0 Å². The fourth-order valence-electron chi connectivity index (χ4n) is 3.29. The third-order valence-corrected chi connectivity index (χ3v) is 6.13. The van der Waals surface area contributed by atoms with Crippen LogP contribution in [0.3, 0.4) is 0 Å². The third kappa shape index (κ3) is 5.65. The van der Waals surface area contributed by atoms with Crippen molar-refractivity contribution < 1.29 is 13.2 Å². The lowest BCUT2D eigenvalue weighted by atomic mass is 9.97. The van der Waals surface area contributed by atoms with Crippen LogP contribution in [0.1, 0.15) is 28.8 Å². The summed E-state index contributed by atoms with van der Waals surface area (Å²) in [6, 6.07) is 12.5. The van der Waals surface area contributed by atoms with Crippen molar-refractivity contribution >= 4 is 22.0 Å². The highest BCUT2D eigenvalue weighted by atomic mass is 32.2. The van der Waals surface area contributed by atoms with Crippen molar-refractivity contribution in [2.45, 2.75) is 12.8 Å². The van der Waals surface area contributed by atoms with E-state index >= 15 is 0 Å². The summed E-state index contributed by atoms with van der Waals surface area (Å²) in [5.74, 6) is -0.117. The number of aryl methyl sites for hydroxylation is 1. The Morgan fingerprint density at radius 2 is 1.83 bits per heavy atom. The lowest BCUT2D eigenvalue weighted by Gasteiger charge is -2.31. The van der Waals surface area contributed by atoms with Gasteiger partial charge in [0, 0.05) is 38.3 Å². The van der Waals surface area contributed by atoms with E-state index in [4.69, 9.17) is 0 Å². The van der Waals surface area contributed by atoms with E-state index in [1.54, 1.807) is 36.4 Å². The van der Waals surface area contributed by atoms with Crippen LogP contribution in [-0.2, 0) is 17.1 Å². The van der Waals surface area contributed by atoms with E-state index < -0.39 is 10.0 Å².